The lowest BCUT2D eigenvalue weighted by molar-refractivity contribution is -0.186. The summed E-state index contributed by atoms with van der Waals surface area (Å²) in [7, 11) is 0. The van der Waals surface area contributed by atoms with Gasteiger partial charge in [0.15, 0.2) is 0 Å². The van der Waals surface area contributed by atoms with E-state index in [0.29, 0.717) is 13.0 Å². The number of rotatable bonds is 3. The monoisotopic (exact) mass is 385 g/mol. The predicted octanol–water partition coefficient (Wildman–Crippen LogP) is 3.31. The Hall–Kier alpha value is -2.10. The van der Waals surface area contributed by atoms with Gasteiger partial charge in [0.25, 0.3) is 0 Å². The molecular weight excluding hydrogens is 354 g/mol. The number of likely N-dealkylation sites (tertiary alicyclic amines) is 2. The summed E-state index contributed by atoms with van der Waals surface area (Å²) in [6.45, 7) is 8.40. The van der Waals surface area contributed by atoms with Crippen LogP contribution in [0.15, 0.2) is 30.3 Å². The van der Waals surface area contributed by atoms with E-state index in [-0.39, 0.29) is 19.1 Å². The third-order valence-corrected chi connectivity index (χ3v) is 5.89. The Kier molecular flexibility index (Phi) is 5.44. The molecule has 28 heavy (non-hydrogen) atoms. The number of nitrogens with zero attached hydrogens (tertiary/aromatic N) is 3. The molecule has 1 amide bonds. The Labute approximate surface area is 167 Å². The van der Waals surface area contributed by atoms with Gasteiger partial charge in [0.1, 0.15) is 16.7 Å². The molecule has 0 spiro atoms. The van der Waals surface area contributed by atoms with Gasteiger partial charge in [0.2, 0.25) is 0 Å². The minimum Gasteiger partial charge on any atom is -0.444 e. The Morgan fingerprint density at radius 3 is 2.54 bits per heavy atom. The van der Waals surface area contributed by atoms with Gasteiger partial charge in [-0.1, -0.05) is 30.3 Å². The molecule has 2 aliphatic rings. The number of carbonyl (C=O) groups is 1. The summed E-state index contributed by atoms with van der Waals surface area (Å²) in [6, 6.07) is 12.7. The number of piperidine rings is 1. The molecule has 2 atom stereocenters. The van der Waals surface area contributed by atoms with Crippen LogP contribution in [0.5, 0.6) is 0 Å². The van der Waals surface area contributed by atoms with Crippen molar-refractivity contribution in [2.75, 3.05) is 13.1 Å². The molecule has 2 saturated heterocycles. The number of ether oxygens (including phenoxy) is 1. The standard InChI is InChI=1S/C22H31N3O3/c1-17-9-8-12-21(14-23,25(17)13-18-10-6-5-7-11-18)22(27)15-24(16-22)19(26)28-20(2,3)4/h5-7,10-11,17,27H,8-9,12-13,15-16H2,1-4H3/t17-,21-/m0/s1. The molecule has 0 aromatic heterocycles. The van der Waals surface area contributed by atoms with Gasteiger partial charge in [-0.25, -0.2) is 4.79 Å². The molecule has 2 heterocycles. The average molecular weight is 386 g/mol. The topological polar surface area (TPSA) is 76.8 Å². The first-order valence-electron chi connectivity index (χ1n) is 10.0. The van der Waals surface area contributed by atoms with E-state index in [4.69, 9.17) is 4.74 Å². The van der Waals surface area contributed by atoms with Gasteiger partial charge in [-0.15, -0.1) is 0 Å². The first-order chi connectivity index (χ1) is 13.1. The maximum Gasteiger partial charge on any atom is 0.410 e. The molecule has 3 rings (SSSR count). The van der Waals surface area contributed by atoms with Gasteiger partial charge in [0, 0.05) is 12.6 Å². The van der Waals surface area contributed by atoms with Crippen LogP contribution < -0.4 is 0 Å². The summed E-state index contributed by atoms with van der Waals surface area (Å²) >= 11 is 0. The quantitative estimate of drug-likeness (QED) is 0.864. The van der Waals surface area contributed by atoms with Crippen molar-refractivity contribution < 1.29 is 14.6 Å². The summed E-state index contributed by atoms with van der Waals surface area (Å²) in [6.07, 6.45) is 2.03. The SMILES string of the molecule is C[C@H]1CCC[C@](C#N)(C2(O)CN(C(=O)OC(C)(C)C)C2)N1Cc1ccccc1. The number of benzene rings is 1. The lowest BCUT2D eigenvalue weighted by Gasteiger charge is -2.60. The first-order valence-corrected chi connectivity index (χ1v) is 10.0. The Morgan fingerprint density at radius 1 is 1.32 bits per heavy atom. The number of amides is 1. The first kappa shape index (κ1) is 20.6. The van der Waals surface area contributed by atoms with E-state index >= 15 is 0 Å². The second-order valence-corrected chi connectivity index (χ2v) is 9.19. The van der Waals surface area contributed by atoms with E-state index in [1.807, 2.05) is 51.1 Å². The fourth-order valence-corrected chi connectivity index (χ4v) is 4.43. The average Bonchev–Trinajstić information content (AvgIpc) is 2.60. The third-order valence-electron chi connectivity index (χ3n) is 5.89. The maximum absolute atomic E-state index is 12.3. The van der Waals surface area contributed by atoms with Crippen LogP contribution in [0.3, 0.4) is 0 Å². The molecule has 1 aromatic carbocycles. The van der Waals surface area contributed by atoms with Crippen molar-refractivity contribution in [3.05, 3.63) is 35.9 Å². The maximum atomic E-state index is 12.3. The molecule has 6 nitrogen and oxygen atoms in total. The Bertz CT molecular complexity index is 747. The van der Waals surface area contributed by atoms with Crippen molar-refractivity contribution in [2.45, 2.75) is 76.3 Å². The fraction of sp³-hybridized carbons (Fsp3) is 0.636. The summed E-state index contributed by atoms with van der Waals surface area (Å²) in [4.78, 5) is 16.0. The molecule has 2 aliphatic heterocycles. The second-order valence-electron chi connectivity index (χ2n) is 9.19. The number of β-amino-alcohol motifs (C(OH)–C–C–N with tert-alkyl or cyclic N) is 1. The van der Waals surface area contributed by atoms with E-state index in [1.54, 1.807) is 0 Å². The van der Waals surface area contributed by atoms with E-state index < -0.39 is 22.8 Å². The third kappa shape index (κ3) is 3.74. The van der Waals surface area contributed by atoms with Crippen LogP contribution in [0.2, 0.25) is 0 Å². The predicted molar refractivity (Wildman–Crippen MR) is 106 cm³/mol. The van der Waals surface area contributed by atoms with Gasteiger partial charge in [-0.05, 0) is 52.5 Å². The van der Waals surface area contributed by atoms with Crippen LogP contribution in [-0.2, 0) is 11.3 Å². The largest absolute Gasteiger partial charge is 0.444 e. The molecule has 2 fully saturated rings. The second kappa shape index (κ2) is 7.38. The van der Waals surface area contributed by atoms with Crippen molar-refractivity contribution in [3.63, 3.8) is 0 Å². The highest BCUT2D eigenvalue weighted by atomic mass is 16.6. The smallest absolute Gasteiger partial charge is 0.410 e. The molecule has 0 radical (unpaired) electrons. The highest BCUT2D eigenvalue weighted by molar-refractivity contribution is 5.70. The van der Waals surface area contributed by atoms with Crippen molar-refractivity contribution in [2.24, 2.45) is 0 Å². The van der Waals surface area contributed by atoms with Crippen LogP contribution >= 0.6 is 0 Å². The van der Waals surface area contributed by atoms with Crippen LogP contribution in [0.4, 0.5) is 4.79 Å². The van der Waals surface area contributed by atoms with Crippen molar-refractivity contribution >= 4 is 6.09 Å². The van der Waals surface area contributed by atoms with Crippen molar-refractivity contribution in [1.29, 1.82) is 5.26 Å². The van der Waals surface area contributed by atoms with E-state index in [0.717, 1.165) is 18.4 Å². The van der Waals surface area contributed by atoms with E-state index in [1.165, 1.54) is 4.90 Å². The summed E-state index contributed by atoms with van der Waals surface area (Å²) in [5, 5.41) is 21.7. The van der Waals surface area contributed by atoms with E-state index in [9.17, 15) is 15.2 Å². The zero-order valence-corrected chi connectivity index (χ0v) is 17.3. The minimum absolute atomic E-state index is 0.119. The summed E-state index contributed by atoms with van der Waals surface area (Å²) in [5.74, 6) is 0. The Balaban J connectivity index is 1.82. The molecule has 0 saturated carbocycles. The summed E-state index contributed by atoms with van der Waals surface area (Å²) < 4.78 is 5.41. The van der Waals surface area contributed by atoms with Crippen LogP contribution in [-0.4, -0.2) is 56.9 Å². The molecular formula is C22H31N3O3. The molecule has 1 N–H and O–H groups in total. The van der Waals surface area contributed by atoms with Gasteiger partial charge < -0.3 is 14.7 Å². The number of carbonyl (C=O) groups excluding carboxylic acids is 1. The summed E-state index contributed by atoms with van der Waals surface area (Å²) in [5.41, 5.74) is -1.75. The zero-order chi connectivity index (χ0) is 20.6. The number of hydrogen-bond donors (Lipinski definition) is 1. The van der Waals surface area contributed by atoms with Crippen LogP contribution in [0.1, 0.15) is 52.5 Å². The number of aliphatic hydroxyl groups is 1. The number of hydrogen-bond acceptors (Lipinski definition) is 5. The normalized spacial score (nSPS) is 27.6. The number of nitriles is 1. The van der Waals surface area contributed by atoms with Gasteiger partial charge in [0.05, 0.1) is 19.2 Å². The lowest BCUT2D eigenvalue weighted by Crippen LogP contribution is -2.79. The Morgan fingerprint density at radius 2 is 1.96 bits per heavy atom. The van der Waals surface area contributed by atoms with Gasteiger partial charge in [-0.3, -0.25) is 4.90 Å². The fourth-order valence-electron chi connectivity index (χ4n) is 4.43. The highest BCUT2D eigenvalue weighted by Crippen LogP contribution is 2.45. The molecule has 0 aliphatic carbocycles. The van der Waals surface area contributed by atoms with E-state index in [2.05, 4.69) is 17.9 Å². The zero-order valence-electron chi connectivity index (χ0n) is 17.3. The molecule has 1 aromatic rings. The molecule has 0 bridgehead atoms. The lowest BCUT2D eigenvalue weighted by atomic mass is 9.68. The molecule has 0 unspecified atom stereocenters. The molecule has 6 heteroatoms. The van der Waals surface area contributed by atoms with Gasteiger partial charge >= 0.3 is 6.09 Å². The molecule has 152 valence electrons. The van der Waals surface area contributed by atoms with Crippen LogP contribution in [0, 0.1) is 11.3 Å². The highest BCUT2D eigenvalue weighted by Gasteiger charge is 2.63. The van der Waals surface area contributed by atoms with Crippen LogP contribution in [0.25, 0.3) is 0 Å². The van der Waals surface area contributed by atoms with Gasteiger partial charge in [-0.2, -0.15) is 5.26 Å². The minimum atomic E-state index is -1.26. The van der Waals surface area contributed by atoms with Crippen molar-refractivity contribution in [3.8, 4) is 6.07 Å². The van der Waals surface area contributed by atoms with Crippen molar-refractivity contribution in [1.82, 2.24) is 9.80 Å².